The van der Waals surface area contributed by atoms with E-state index in [-0.39, 0.29) is 18.2 Å². The minimum Gasteiger partial charge on any atom is -0.355 e. The number of Topliss-reactive ketones (excluding diaryl/α,β-unsaturated/α-hetero) is 1. The summed E-state index contributed by atoms with van der Waals surface area (Å²) in [5, 5.41) is 2.62. The molecule has 6 nitrogen and oxygen atoms in total. The zero-order valence-electron chi connectivity index (χ0n) is 11.0. The van der Waals surface area contributed by atoms with Crippen molar-refractivity contribution in [1.29, 1.82) is 0 Å². The van der Waals surface area contributed by atoms with Gasteiger partial charge in [-0.25, -0.2) is 0 Å². The Morgan fingerprint density at radius 2 is 1.79 bits per heavy atom. The number of hydrogen-bond donors (Lipinski definition) is 1. The molecule has 0 radical (unpaired) electrons. The maximum atomic E-state index is 11.5. The van der Waals surface area contributed by atoms with Crippen LogP contribution in [0.25, 0.3) is 0 Å². The number of unbranched alkanes of at least 4 members (excludes halogenated alkanes) is 1. The highest BCUT2D eigenvalue weighted by molar-refractivity contribution is 6.14. The van der Waals surface area contributed by atoms with Crippen LogP contribution in [0.4, 0.5) is 0 Å². The Morgan fingerprint density at radius 3 is 2.37 bits per heavy atom. The third-order valence-corrected chi connectivity index (χ3v) is 2.80. The summed E-state index contributed by atoms with van der Waals surface area (Å²) < 4.78 is 0. The summed E-state index contributed by atoms with van der Waals surface area (Å²) in [6, 6.07) is 0. The minimum absolute atomic E-state index is 0.214. The molecule has 1 N–H and O–H groups in total. The Bertz CT molecular complexity index is 397. The number of imide groups is 1. The zero-order chi connectivity index (χ0) is 14.3. The van der Waals surface area contributed by atoms with Crippen molar-refractivity contribution < 1.29 is 19.2 Å². The van der Waals surface area contributed by atoms with E-state index >= 15 is 0 Å². The SMILES string of the molecule is CCC(=O)CCCCNC(=O)CN1C(=O)C=CC1=O. The number of nitrogens with one attached hydrogen (secondary N) is 1. The summed E-state index contributed by atoms with van der Waals surface area (Å²) in [5.41, 5.74) is 0. The van der Waals surface area contributed by atoms with Crippen molar-refractivity contribution in [2.75, 3.05) is 13.1 Å². The van der Waals surface area contributed by atoms with Crippen molar-refractivity contribution in [2.24, 2.45) is 0 Å². The molecule has 19 heavy (non-hydrogen) atoms. The molecule has 0 saturated heterocycles. The molecule has 0 atom stereocenters. The summed E-state index contributed by atoms with van der Waals surface area (Å²) >= 11 is 0. The predicted octanol–water partition coefficient (Wildman–Crippen LogP) is 0.177. The van der Waals surface area contributed by atoms with E-state index in [2.05, 4.69) is 5.32 Å². The van der Waals surface area contributed by atoms with Crippen LogP contribution in [0.1, 0.15) is 32.6 Å². The first-order valence-corrected chi connectivity index (χ1v) is 6.36. The van der Waals surface area contributed by atoms with Gasteiger partial charge in [0.25, 0.3) is 11.8 Å². The Kier molecular flexibility index (Phi) is 5.92. The fourth-order valence-electron chi connectivity index (χ4n) is 1.64. The summed E-state index contributed by atoms with van der Waals surface area (Å²) in [6.45, 7) is 2.01. The first-order valence-electron chi connectivity index (χ1n) is 6.36. The van der Waals surface area contributed by atoms with Crippen molar-refractivity contribution in [3.8, 4) is 0 Å². The smallest absolute Gasteiger partial charge is 0.254 e. The molecule has 0 saturated carbocycles. The van der Waals surface area contributed by atoms with E-state index in [0.29, 0.717) is 25.8 Å². The van der Waals surface area contributed by atoms with Gasteiger partial charge in [0.05, 0.1) is 0 Å². The maximum absolute atomic E-state index is 11.5. The van der Waals surface area contributed by atoms with E-state index in [1.54, 1.807) is 0 Å². The van der Waals surface area contributed by atoms with Crippen LogP contribution in [-0.4, -0.2) is 41.5 Å². The van der Waals surface area contributed by atoms with Gasteiger partial charge in [0.15, 0.2) is 0 Å². The first-order chi connectivity index (χ1) is 9.04. The van der Waals surface area contributed by atoms with Gasteiger partial charge in [-0.1, -0.05) is 6.92 Å². The number of nitrogens with zero attached hydrogens (tertiary/aromatic N) is 1. The molecule has 3 amide bonds. The van der Waals surface area contributed by atoms with E-state index < -0.39 is 11.8 Å². The van der Waals surface area contributed by atoms with Gasteiger partial charge in [-0.3, -0.25) is 24.1 Å². The van der Waals surface area contributed by atoms with Gasteiger partial charge in [0.1, 0.15) is 12.3 Å². The van der Waals surface area contributed by atoms with Crippen LogP contribution >= 0.6 is 0 Å². The monoisotopic (exact) mass is 266 g/mol. The first kappa shape index (κ1) is 15.1. The van der Waals surface area contributed by atoms with Gasteiger partial charge in [-0.05, 0) is 12.8 Å². The van der Waals surface area contributed by atoms with E-state index in [1.165, 1.54) is 0 Å². The summed E-state index contributed by atoms with van der Waals surface area (Å²) in [7, 11) is 0. The molecular weight excluding hydrogens is 248 g/mol. The third kappa shape index (κ3) is 5.03. The summed E-state index contributed by atoms with van der Waals surface area (Å²) in [5.74, 6) is -1.08. The summed E-state index contributed by atoms with van der Waals surface area (Å²) in [6.07, 6.45) is 4.80. The van der Waals surface area contributed by atoms with Crippen LogP contribution in [0.3, 0.4) is 0 Å². The Hall–Kier alpha value is -1.98. The molecule has 1 aliphatic heterocycles. The van der Waals surface area contributed by atoms with Crippen LogP contribution < -0.4 is 5.32 Å². The van der Waals surface area contributed by atoms with Gasteiger partial charge in [0, 0.05) is 31.5 Å². The van der Waals surface area contributed by atoms with Crippen LogP contribution in [0.15, 0.2) is 12.2 Å². The number of hydrogen-bond acceptors (Lipinski definition) is 4. The second-order valence-electron chi connectivity index (χ2n) is 4.30. The number of amides is 3. The quantitative estimate of drug-likeness (QED) is 0.501. The molecular formula is C13H18N2O4. The van der Waals surface area contributed by atoms with E-state index in [9.17, 15) is 19.2 Å². The molecule has 1 heterocycles. The molecule has 0 aromatic heterocycles. The number of carbonyl (C=O) groups is 4. The molecule has 0 spiro atoms. The molecule has 6 heteroatoms. The lowest BCUT2D eigenvalue weighted by Crippen LogP contribution is -2.40. The number of carbonyl (C=O) groups excluding carboxylic acids is 4. The largest absolute Gasteiger partial charge is 0.355 e. The van der Waals surface area contributed by atoms with Gasteiger partial charge in [-0.15, -0.1) is 0 Å². The lowest BCUT2D eigenvalue weighted by Gasteiger charge is -2.13. The van der Waals surface area contributed by atoms with Crippen molar-refractivity contribution in [3.05, 3.63) is 12.2 Å². The molecule has 0 aromatic rings. The number of rotatable bonds is 8. The Balaban J connectivity index is 2.13. The van der Waals surface area contributed by atoms with Gasteiger partial charge >= 0.3 is 0 Å². The lowest BCUT2D eigenvalue weighted by molar-refractivity contribution is -0.141. The average Bonchev–Trinajstić information content (AvgIpc) is 2.69. The number of ketones is 1. The predicted molar refractivity (Wildman–Crippen MR) is 68.0 cm³/mol. The van der Waals surface area contributed by atoms with Gasteiger partial charge < -0.3 is 5.32 Å². The maximum Gasteiger partial charge on any atom is 0.254 e. The third-order valence-electron chi connectivity index (χ3n) is 2.80. The van der Waals surface area contributed by atoms with Crippen molar-refractivity contribution in [1.82, 2.24) is 10.2 Å². The van der Waals surface area contributed by atoms with Crippen LogP contribution in [0.2, 0.25) is 0 Å². The lowest BCUT2D eigenvalue weighted by atomic mass is 10.1. The fraction of sp³-hybridized carbons (Fsp3) is 0.538. The summed E-state index contributed by atoms with van der Waals surface area (Å²) in [4.78, 5) is 45.8. The van der Waals surface area contributed by atoms with E-state index in [0.717, 1.165) is 23.5 Å². The van der Waals surface area contributed by atoms with Gasteiger partial charge in [-0.2, -0.15) is 0 Å². The van der Waals surface area contributed by atoms with Crippen LogP contribution in [0.5, 0.6) is 0 Å². The molecule has 0 aliphatic carbocycles. The van der Waals surface area contributed by atoms with Crippen molar-refractivity contribution >= 4 is 23.5 Å². The van der Waals surface area contributed by atoms with E-state index in [4.69, 9.17) is 0 Å². The zero-order valence-corrected chi connectivity index (χ0v) is 11.0. The highest BCUT2D eigenvalue weighted by Crippen LogP contribution is 2.02. The molecule has 104 valence electrons. The molecule has 1 aliphatic rings. The second kappa shape index (κ2) is 7.45. The van der Waals surface area contributed by atoms with Crippen LogP contribution in [-0.2, 0) is 19.2 Å². The highest BCUT2D eigenvalue weighted by atomic mass is 16.2. The van der Waals surface area contributed by atoms with Crippen LogP contribution in [0, 0.1) is 0 Å². The highest BCUT2D eigenvalue weighted by Gasteiger charge is 2.25. The molecule has 0 aromatic carbocycles. The van der Waals surface area contributed by atoms with Crippen molar-refractivity contribution in [3.63, 3.8) is 0 Å². The standard InChI is InChI=1S/C13H18N2O4/c1-2-10(16)5-3-4-8-14-11(17)9-15-12(18)6-7-13(15)19/h6-7H,2-5,8-9H2,1H3,(H,14,17). The fourth-order valence-corrected chi connectivity index (χ4v) is 1.64. The Labute approximate surface area is 111 Å². The van der Waals surface area contributed by atoms with E-state index in [1.807, 2.05) is 6.92 Å². The minimum atomic E-state index is -0.464. The average molecular weight is 266 g/mol. The van der Waals surface area contributed by atoms with Crippen molar-refractivity contribution in [2.45, 2.75) is 32.6 Å². The molecule has 0 unspecified atom stereocenters. The molecule has 0 fully saturated rings. The van der Waals surface area contributed by atoms with Gasteiger partial charge in [0.2, 0.25) is 5.91 Å². The molecule has 1 rings (SSSR count). The second-order valence-corrected chi connectivity index (χ2v) is 4.30. The normalized spacial score (nSPS) is 14.1. The Morgan fingerprint density at radius 1 is 1.16 bits per heavy atom. The topological polar surface area (TPSA) is 83.6 Å². The molecule has 0 bridgehead atoms.